The normalized spacial score (nSPS) is 33.7. The Balaban J connectivity index is 1.76. The van der Waals surface area contributed by atoms with Gasteiger partial charge in [-0.1, -0.05) is 6.92 Å². The molecular formula is C13H26N2OS. The molecule has 0 aliphatic carbocycles. The second-order valence-electron chi connectivity index (χ2n) is 5.32. The smallest absolute Gasteiger partial charge is 0.0623 e. The topological polar surface area (TPSA) is 24.5 Å². The van der Waals surface area contributed by atoms with Gasteiger partial charge >= 0.3 is 0 Å². The van der Waals surface area contributed by atoms with Crippen LogP contribution >= 0.6 is 11.8 Å². The number of hydrogen-bond donors (Lipinski definition) is 1. The summed E-state index contributed by atoms with van der Waals surface area (Å²) < 4.78 is 5.64. The molecular weight excluding hydrogens is 232 g/mol. The molecule has 2 heterocycles. The third-order valence-corrected chi connectivity index (χ3v) is 5.05. The Morgan fingerprint density at radius 2 is 2.29 bits per heavy atom. The summed E-state index contributed by atoms with van der Waals surface area (Å²) in [6.45, 7) is 6.36. The zero-order valence-electron chi connectivity index (χ0n) is 11.2. The fourth-order valence-corrected chi connectivity index (χ4v) is 4.02. The second kappa shape index (κ2) is 6.98. The zero-order valence-corrected chi connectivity index (χ0v) is 12.0. The largest absolute Gasteiger partial charge is 0.379 e. The van der Waals surface area contributed by atoms with Gasteiger partial charge in [0.1, 0.15) is 0 Å². The van der Waals surface area contributed by atoms with E-state index in [0.717, 1.165) is 25.8 Å². The standard InChI is InChI=1S/C13H26N2OS/c1-3-5-14-13-9-16-8-11(13)7-15(2)12-4-6-17-10-12/h11-14H,3-10H2,1-2H3. The zero-order chi connectivity index (χ0) is 12.1. The summed E-state index contributed by atoms with van der Waals surface area (Å²) in [4.78, 5) is 2.56. The maximum absolute atomic E-state index is 5.64. The van der Waals surface area contributed by atoms with Gasteiger partial charge in [-0.2, -0.15) is 11.8 Å². The van der Waals surface area contributed by atoms with Crippen LogP contribution in [0.5, 0.6) is 0 Å². The minimum absolute atomic E-state index is 0.575. The van der Waals surface area contributed by atoms with Gasteiger partial charge in [-0.05, 0) is 32.2 Å². The average Bonchev–Trinajstić information content (AvgIpc) is 2.97. The van der Waals surface area contributed by atoms with E-state index in [1.54, 1.807) is 0 Å². The van der Waals surface area contributed by atoms with Gasteiger partial charge in [0, 0.05) is 30.3 Å². The number of nitrogens with zero attached hydrogens (tertiary/aromatic N) is 1. The van der Waals surface area contributed by atoms with E-state index < -0.39 is 0 Å². The van der Waals surface area contributed by atoms with E-state index in [1.165, 1.54) is 30.9 Å². The van der Waals surface area contributed by atoms with Crippen LogP contribution in [-0.4, -0.2) is 61.8 Å². The van der Waals surface area contributed by atoms with Crippen molar-refractivity contribution < 1.29 is 4.74 Å². The van der Waals surface area contributed by atoms with E-state index >= 15 is 0 Å². The van der Waals surface area contributed by atoms with Crippen LogP contribution in [0.1, 0.15) is 19.8 Å². The highest BCUT2D eigenvalue weighted by molar-refractivity contribution is 7.99. The van der Waals surface area contributed by atoms with Gasteiger partial charge in [0.25, 0.3) is 0 Å². The molecule has 4 heteroatoms. The van der Waals surface area contributed by atoms with Gasteiger partial charge in [0.05, 0.1) is 13.2 Å². The summed E-state index contributed by atoms with van der Waals surface area (Å²) >= 11 is 2.09. The predicted molar refractivity (Wildman–Crippen MR) is 74.8 cm³/mol. The number of ether oxygens (including phenoxy) is 1. The molecule has 3 unspecified atom stereocenters. The van der Waals surface area contributed by atoms with Crippen LogP contribution in [0.25, 0.3) is 0 Å². The molecule has 17 heavy (non-hydrogen) atoms. The van der Waals surface area contributed by atoms with Crippen LogP contribution in [0.4, 0.5) is 0 Å². The van der Waals surface area contributed by atoms with Gasteiger partial charge in [-0.15, -0.1) is 0 Å². The van der Waals surface area contributed by atoms with Crippen LogP contribution < -0.4 is 5.32 Å². The van der Waals surface area contributed by atoms with Crippen LogP contribution in [-0.2, 0) is 4.74 Å². The van der Waals surface area contributed by atoms with Crippen LogP contribution in [0.2, 0.25) is 0 Å². The number of rotatable bonds is 6. The third kappa shape index (κ3) is 3.85. The van der Waals surface area contributed by atoms with E-state index in [-0.39, 0.29) is 0 Å². The lowest BCUT2D eigenvalue weighted by Crippen LogP contribution is -2.43. The highest BCUT2D eigenvalue weighted by atomic mass is 32.2. The fourth-order valence-electron chi connectivity index (χ4n) is 2.72. The molecule has 3 nitrogen and oxygen atoms in total. The highest BCUT2D eigenvalue weighted by Gasteiger charge is 2.30. The van der Waals surface area contributed by atoms with E-state index in [0.29, 0.717) is 12.0 Å². The number of hydrogen-bond acceptors (Lipinski definition) is 4. The molecule has 0 spiro atoms. The van der Waals surface area contributed by atoms with Crippen molar-refractivity contribution in [2.45, 2.75) is 31.8 Å². The minimum atomic E-state index is 0.575. The van der Waals surface area contributed by atoms with Crippen molar-refractivity contribution in [1.82, 2.24) is 10.2 Å². The monoisotopic (exact) mass is 258 g/mol. The summed E-state index contributed by atoms with van der Waals surface area (Å²) in [6, 6.07) is 1.37. The quantitative estimate of drug-likeness (QED) is 0.779. The van der Waals surface area contributed by atoms with Gasteiger partial charge < -0.3 is 15.0 Å². The summed E-state index contributed by atoms with van der Waals surface area (Å²) in [6.07, 6.45) is 2.57. The lowest BCUT2D eigenvalue weighted by atomic mass is 10.0. The first-order chi connectivity index (χ1) is 8.31. The first-order valence-electron chi connectivity index (χ1n) is 6.90. The van der Waals surface area contributed by atoms with Crippen LogP contribution in [0.15, 0.2) is 0 Å². The molecule has 1 N–H and O–H groups in total. The Kier molecular flexibility index (Phi) is 5.60. The van der Waals surface area contributed by atoms with Crippen LogP contribution in [0, 0.1) is 5.92 Å². The summed E-state index contributed by atoms with van der Waals surface area (Å²) in [5.41, 5.74) is 0. The van der Waals surface area contributed by atoms with Gasteiger partial charge in [-0.3, -0.25) is 0 Å². The minimum Gasteiger partial charge on any atom is -0.379 e. The Bertz CT molecular complexity index is 221. The van der Waals surface area contributed by atoms with Gasteiger partial charge in [0.15, 0.2) is 0 Å². The first kappa shape index (κ1) is 13.7. The Morgan fingerprint density at radius 1 is 1.41 bits per heavy atom. The first-order valence-corrected chi connectivity index (χ1v) is 8.05. The Labute approximate surface area is 110 Å². The van der Waals surface area contributed by atoms with E-state index in [4.69, 9.17) is 4.74 Å². The van der Waals surface area contributed by atoms with Crippen molar-refractivity contribution in [1.29, 1.82) is 0 Å². The molecule has 0 aromatic rings. The van der Waals surface area contributed by atoms with Crippen LogP contribution in [0.3, 0.4) is 0 Å². The van der Waals surface area contributed by atoms with Crippen molar-refractivity contribution in [2.75, 3.05) is 44.9 Å². The molecule has 0 aromatic carbocycles. The van der Waals surface area contributed by atoms with Crippen molar-refractivity contribution in [3.63, 3.8) is 0 Å². The van der Waals surface area contributed by atoms with Crippen molar-refractivity contribution >= 4 is 11.8 Å². The molecule has 0 saturated carbocycles. The molecule has 100 valence electrons. The molecule has 0 radical (unpaired) electrons. The SMILES string of the molecule is CCCNC1COCC1CN(C)C1CCSC1. The summed E-state index contributed by atoms with van der Waals surface area (Å²) in [5, 5.41) is 3.62. The molecule has 2 aliphatic rings. The second-order valence-corrected chi connectivity index (χ2v) is 6.46. The highest BCUT2D eigenvalue weighted by Crippen LogP contribution is 2.23. The predicted octanol–water partition coefficient (Wildman–Crippen LogP) is 1.44. The fraction of sp³-hybridized carbons (Fsp3) is 1.00. The molecule has 2 saturated heterocycles. The lowest BCUT2D eigenvalue weighted by Gasteiger charge is -2.28. The molecule has 2 rings (SSSR count). The molecule has 0 aromatic heterocycles. The molecule has 2 fully saturated rings. The van der Waals surface area contributed by atoms with Crippen molar-refractivity contribution in [2.24, 2.45) is 5.92 Å². The number of nitrogens with one attached hydrogen (secondary N) is 1. The van der Waals surface area contributed by atoms with Gasteiger partial charge in [-0.25, -0.2) is 0 Å². The average molecular weight is 258 g/mol. The lowest BCUT2D eigenvalue weighted by molar-refractivity contribution is 0.164. The Hall–Kier alpha value is 0.230. The maximum atomic E-state index is 5.64. The Morgan fingerprint density at radius 3 is 3.00 bits per heavy atom. The van der Waals surface area contributed by atoms with Crippen molar-refractivity contribution in [3.8, 4) is 0 Å². The van der Waals surface area contributed by atoms with E-state index in [9.17, 15) is 0 Å². The van der Waals surface area contributed by atoms with Gasteiger partial charge in [0.2, 0.25) is 0 Å². The molecule has 0 amide bonds. The number of thioether (sulfide) groups is 1. The molecule has 0 bridgehead atoms. The van der Waals surface area contributed by atoms with Crippen molar-refractivity contribution in [3.05, 3.63) is 0 Å². The molecule has 2 aliphatic heterocycles. The maximum Gasteiger partial charge on any atom is 0.0623 e. The van der Waals surface area contributed by atoms with E-state index in [2.05, 4.69) is 35.9 Å². The van der Waals surface area contributed by atoms with E-state index in [1.807, 2.05) is 0 Å². The summed E-state index contributed by atoms with van der Waals surface area (Å²) in [7, 11) is 2.28. The summed E-state index contributed by atoms with van der Waals surface area (Å²) in [5.74, 6) is 3.34. The third-order valence-electron chi connectivity index (χ3n) is 3.91. The molecule has 3 atom stereocenters.